The van der Waals surface area contributed by atoms with E-state index in [9.17, 15) is 0 Å². The Labute approximate surface area is 101 Å². The van der Waals surface area contributed by atoms with Crippen molar-refractivity contribution in [3.8, 4) is 0 Å². The van der Waals surface area contributed by atoms with Gasteiger partial charge in [0.25, 0.3) is 0 Å². The van der Waals surface area contributed by atoms with Crippen LogP contribution in [0, 0.1) is 5.41 Å². The lowest BCUT2D eigenvalue weighted by molar-refractivity contribution is 0.119. The molecule has 1 fully saturated rings. The van der Waals surface area contributed by atoms with Crippen molar-refractivity contribution in [3.63, 3.8) is 0 Å². The molecule has 3 heteroatoms. The van der Waals surface area contributed by atoms with Gasteiger partial charge in [-0.1, -0.05) is 20.8 Å². The zero-order chi connectivity index (χ0) is 12.0. The first-order valence-corrected chi connectivity index (χ1v) is 6.59. The summed E-state index contributed by atoms with van der Waals surface area (Å²) in [6.45, 7) is 15.5. The van der Waals surface area contributed by atoms with Crippen molar-refractivity contribution in [2.75, 3.05) is 39.4 Å². The van der Waals surface area contributed by atoms with Gasteiger partial charge in [-0.25, -0.2) is 0 Å². The van der Waals surface area contributed by atoms with E-state index in [2.05, 4.69) is 37.9 Å². The Kier molecular flexibility index (Phi) is 5.73. The van der Waals surface area contributed by atoms with Crippen LogP contribution in [0.3, 0.4) is 0 Å². The Morgan fingerprint density at radius 3 is 2.75 bits per heavy atom. The van der Waals surface area contributed by atoms with E-state index < -0.39 is 0 Å². The van der Waals surface area contributed by atoms with Crippen LogP contribution in [0.2, 0.25) is 0 Å². The standard InChI is InChI=1S/C13H28N2O/c1-5-14-12(2)13(3,4)11-15-7-6-9-16-10-8-15/h12,14H,5-11H2,1-4H3. The molecule has 0 aromatic heterocycles. The van der Waals surface area contributed by atoms with Gasteiger partial charge in [-0.2, -0.15) is 0 Å². The van der Waals surface area contributed by atoms with Gasteiger partial charge in [-0.3, -0.25) is 0 Å². The summed E-state index contributed by atoms with van der Waals surface area (Å²) in [4.78, 5) is 2.54. The molecule has 0 saturated carbocycles. The van der Waals surface area contributed by atoms with Crippen LogP contribution in [0.15, 0.2) is 0 Å². The largest absolute Gasteiger partial charge is 0.380 e. The first-order valence-electron chi connectivity index (χ1n) is 6.59. The fourth-order valence-corrected chi connectivity index (χ4v) is 2.25. The van der Waals surface area contributed by atoms with Gasteiger partial charge in [-0.05, 0) is 25.3 Å². The lowest BCUT2D eigenvalue weighted by atomic mass is 9.84. The summed E-state index contributed by atoms with van der Waals surface area (Å²) in [6.07, 6.45) is 1.17. The molecule has 1 heterocycles. The molecule has 0 aliphatic carbocycles. The van der Waals surface area contributed by atoms with E-state index >= 15 is 0 Å². The number of hydrogen-bond donors (Lipinski definition) is 1. The molecule has 0 radical (unpaired) electrons. The van der Waals surface area contributed by atoms with Crippen molar-refractivity contribution in [1.29, 1.82) is 0 Å². The quantitative estimate of drug-likeness (QED) is 0.775. The molecule has 0 bridgehead atoms. The lowest BCUT2D eigenvalue weighted by Crippen LogP contribution is -2.47. The smallest absolute Gasteiger partial charge is 0.0593 e. The maximum Gasteiger partial charge on any atom is 0.0593 e. The molecule has 1 aliphatic rings. The number of rotatable bonds is 5. The third kappa shape index (κ3) is 4.40. The normalized spacial score (nSPS) is 21.8. The minimum Gasteiger partial charge on any atom is -0.380 e. The Balaban J connectivity index is 2.42. The molecule has 96 valence electrons. The maximum atomic E-state index is 5.49. The number of hydrogen-bond acceptors (Lipinski definition) is 3. The van der Waals surface area contributed by atoms with Gasteiger partial charge in [0.15, 0.2) is 0 Å². The van der Waals surface area contributed by atoms with Crippen LogP contribution in [0.1, 0.15) is 34.1 Å². The first-order chi connectivity index (χ1) is 7.56. The summed E-state index contributed by atoms with van der Waals surface area (Å²) < 4.78 is 5.49. The van der Waals surface area contributed by atoms with E-state index in [0.29, 0.717) is 11.5 Å². The van der Waals surface area contributed by atoms with Crippen molar-refractivity contribution in [2.24, 2.45) is 5.41 Å². The number of nitrogens with one attached hydrogen (secondary N) is 1. The van der Waals surface area contributed by atoms with E-state index in [1.807, 2.05) is 0 Å². The summed E-state index contributed by atoms with van der Waals surface area (Å²) in [5.74, 6) is 0. The first kappa shape index (κ1) is 13.9. The SMILES string of the molecule is CCNC(C)C(C)(C)CN1CCCOCC1. The zero-order valence-corrected chi connectivity index (χ0v) is 11.4. The molecule has 0 spiro atoms. The molecule has 1 atom stereocenters. The van der Waals surface area contributed by atoms with Crippen LogP contribution >= 0.6 is 0 Å². The van der Waals surface area contributed by atoms with Crippen LogP contribution in [0.5, 0.6) is 0 Å². The monoisotopic (exact) mass is 228 g/mol. The van der Waals surface area contributed by atoms with Crippen molar-refractivity contribution in [3.05, 3.63) is 0 Å². The van der Waals surface area contributed by atoms with Crippen molar-refractivity contribution >= 4 is 0 Å². The van der Waals surface area contributed by atoms with E-state index in [0.717, 1.165) is 32.8 Å². The third-order valence-electron chi connectivity index (χ3n) is 3.63. The van der Waals surface area contributed by atoms with Crippen LogP contribution in [0.4, 0.5) is 0 Å². The fourth-order valence-electron chi connectivity index (χ4n) is 2.25. The van der Waals surface area contributed by atoms with Gasteiger partial charge in [0.1, 0.15) is 0 Å². The molecule has 1 N–H and O–H groups in total. The highest BCUT2D eigenvalue weighted by Gasteiger charge is 2.27. The van der Waals surface area contributed by atoms with Crippen LogP contribution in [-0.2, 0) is 4.74 Å². The Morgan fingerprint density at radius 2 is 2.06 bits per heavy atom. The van der Waals surface area contributed by atoms with Crippen LogP contribution in [-0.4, -0.2) is 50.3 Å². The molecule has 1 rings (SSSR count). The maximum absolute atomic E-state index is 5.49. The highest BCUT2D eigenvalue weighted by atomic mass is 16.5. The molecule has 16 heavy (non-hydrogen) atoms. The van der Waals surface area contributed by atoms with Gasteiger partial charge in [0, 0.05) is 32.3 Å². The van der Waals surface area contributed by atoms with Crippen molar-refractivity contribution in [1.82, 2.24) is 10.2 Å². The molecule has 0 amide bonds. The molecule has 0 aromatic carbocycles. The Morgan fingerprint density at radius 1 is 1.31 bits per heavy atom. The molecular formula is C13H28N2O. The predicted molar refractivity (Wildman–Crippen MR) is 68.8 cm³/mol. The molecule has 3 nitrogen and oxygen atoms in total. The molecule has 0 aromatic rings. The molecule has 1 aliphatic heterocycles. The van der Waals surface area contributed by atoms with E-state index in [4.69, 9.17) is 4.74 Å². The third-order valence-corrected chi connectivity index (χ3v) is 3.63. The van der Waals surface area contributed by atoms with E-state index in [1.54, 1.807) is 0 Å². The summed E-state index contributed by atoms with van der Waals surface area (Å²) >= 11 is 0. The summed E-state index contributed by atoms with van der Waals surface area (Å²) in [7, 11) is 0. The van der Waals surface area contributed by atoms with Gasteiger partial charge in [-0.15, -0.1) is 0 Å². The van der Waals surface area contributed by atoms with Gasteiger partial charge >= 0.3 is 0 Å². The second-order valence-corrected chi connectivity index (χ2v) is 5.51. The zero-order valence-electron chi connectivity index (χ0n) is 11.4. The highest BCUT2D eigenvalue weighted by Crippen LogP contribution is 2.22. The molecule has 1 unspecified atom stereocenters. The topological polar surface area (TPSA) is 24.5 Å². The van der Waals surface area contributed by atoms with Gasteiger partial charge in [0.2, 0.25) is 0 Å². The Bertz CT molecular complexity index is 186. The fraction of sp³-hybridized carbons (Fsp3) is 1.00. The minimum atomic E-state index is 0.320. The second-order valence-electron chi connectivity index (χ2n) is 5.51. The van der Waals surface area contributed by atoms with E-state index in [-0.39, 0.29) is 0 Å². The van der Waals surface area contributed by atoms with Gasteiger partial charge in [0.05, 0.1) is 6.61 Å². The molecular weight excluding hydrogens is 200 g/mol. The van der Waals surface area contributed by atoms with Crippen molar-refractivity contribution in [2.45, 2.75) is 40.2 Å². The van der Waals surface area contributed by atoms with Crippen LogP contribution in [0.25, 0.3) is 0 Å². The average Bonchev–Trinajstić information content (AvgIpc) is 2.46. The second kappa shape index (κ2) is 6.58. The van der Waals surface area contributed by atoms with E-state index in [1.165, 1.54) is 13.0 Å². The van der Waals surface area contributed by atoms with Gasteiger partial charge < -0.3 is 15.0 Å². The lowest BCUT2D eigenvalue weighted by Gasteiger charge is -2.37. The average molecular weight is 228 g/mol. The summed E-state index contributed by atoms with van der Waals surface area (Å²) in [6, 6.07) is 0.557. The summed E-state index contributed by atoms with van der Waals surface area (Å²) in [5.41, 5.74) is 0.320. The minimum absolute atomic E-state index is 0.320. The highest BCUT2D eigenvalue weighted by molar-refractivity contribution is 4.84. The predicted octanol–water partition coefficient (Wildman–Crippen LogP) is 1.73. The van der Waals surface area contributed by atoms with Crippen LogP contribution < -0.4 is 5.32 Å². The number of nitrogens with zero attached hydrogens (tertiary/aromatic N) is 1. The van der Waals surface area contributed by atoms with Crippen molar-refractivity contribution < 1.29 is 4.74 Å². The Hall–Kier alpha value is -0.120. The number of ether oxygens (including phenoxy) is 1. The molecule has 1 saturated heterocycles. The summed E-state index contributed by atoms with van der Waals surface area (Å²) in [5, 5.41) is 3.53.